The average Bonchev–Trinajstić information content (AvgIpc) is 3.39. The molecular formula is C62H41BN2O. The Morgan fingerprint density at radius 3 is 1.42 bits per heavy atom. The van der Waals surface area contributed by atoms with E-state index in [9.17, 15) is 0 Å². The molecule has 0 radical (unpaired) electrons. The average molecular weight is 841 g/mol. The highest BCUT2D eigenvalue weighted by Gasteiger charge is 2.43. The fourth-order valence-corrected chi connectivity index (χ4v) is 10.3. The van der Waals surface area contributed by atoms with Crippen LogP contribution in [-0.2, 0) is 0 Å². The van der Waals surface area contributed by atoms with Crippen LogP contribution in [0.2, 0.25) is 0 Å². The van der Waals surface area contributed by atoms with Crippen molar-refractivity contribution in [3.8, 4) is 44.9 Å². The number of nitrogens with zero attached hydrogens (tertiary/aromatic N) is 2. The van der Waals surface area contributed by atoms with Gasteiger partial charge in [0, 0.05) is 34.5 Å². The number of ether oxygens (including phenoxy) is 1. The molecule has 0 saturated carbocycles. The Bertz CT molecular complexity index is 3550. The van der Waals surface area contributed by atoms with E-state index in [2.05, 4.69) is 259 Å². The summed E-state index contributed by atoms with van der Waals surface area (Å²) in [6, 6.07) is 90.3. The van der Waals surface area contributed by atoms with E-state index in [0.717, 1.165) is 56.5 Å². The van der Waals surface area contributed by atoms with Crippen molar-refractivity contribution >= 4 is 78.8 Å². The van der Waals surface area contributed by atoms with Crippen molar-refractivity contribution in [1.29, 1.82) is 0 Å². The molecule has 4 heteroatoms. The maximum atomic E-state index is 7.23. The molecule has 0 amide bonds. The molecule has 0 saturated heterocycles. The first kappa shape index (κ1) is 37.9. The Labute approximate surface area is 385 Å². The maximum Gasteiger partial charge on any atom is 0.256 e. The molecule has 0 aromatic heterocycles. The Balaban J connectivity index is 1.09. The van der Waals surface area contributed by atoms with Crippen molar-refractivity contribution in [2.24, 2.45) is 0 Å². The summed E-state index contributed by atoms with van der Waals surface area (Å²) in [5, 5.41) is 4.77. The van der Waals surface area contributed by atoms with Gasteiger partial charge in [0.15, 0.2) is 0 Å². The second-order valence-electron chi connectivity index (χ2n) is 17.3. The van der Waals surface area contributed by atoms with E-state index >= 15 is 0 Å². The highest BCUT2D eigenvalue weighted by Crippen LogP contribution is 2.47. The van der Waals surface area contributed by atoms with Crippen LogP contribution in [-0.4, -0.2) is 6.71 Å². The summed E-state index contributed by atoms with van der Waals surface area (Å²) in [7, 11) is 0. The second kappa shape index (κ2) is 15.6. The number of fused-ring (bicyclic) bond motifs is 6. The van der Waals surface area contributed by atoms with Crippen molar-refractivity contribution in [3.63, 3.8) is 0 Å². The predicted octanol–water partition coefficient (Wildman–Crippen LogP) is 14.9. The van der Waals surface area contributed by atoms with Crippen LogP contribution in [0.5, 0.6) is 11.5 Å². The summed E-state index contributed by atoms with van der Waals surface area (Å²) < 4.78 is 7.23. The molecule has 308 valence electrons. The topological polar surface area (TPSA) is 15.7 Å². The fraction of sp³-hybridized carbons (Fsp3) is 0. The first-order chi connectivity index (χ1) is 32.7. The molecule has 0 unspecified atom stereocenters. The van der Waals surface area contributed by atoms with Crippen LogP contribution in [0.3, 0.4) is 0 Å². The highest BCUT2D eigenvalue weighted by atomic mass is 16.5. The Morgan fingerprint density at radius 1 is 0.318 bits per heavy atom. The smallest absolute Gasteiger partial charge is 0.256 e. The second-order valence-corrected chi connectivity index (χ2v) is 17.3. The summed E-state index contributed by atoms with van der Waals surface area (Å²) in [6.45, 7) is -0.0917. The maximum absolute atomic E-state index is 7.23. The van der Waals surface area contributed by atoms with E-state index in [1.165, 1.54) is 60.4 Å². The lowest BCUT2D eigenvalue weighted by atomic mass is 9.34. The van der Waals surface area contributed by atoms with Crippen LogP contribution < -0.4 is 30.9 Å². The summed E-state index contributed by atoms with van der Waals surface area (Å²) in [6.07, 6.45) is 0. The lowest BCUT2D eigenvalue weighted by Crippen LogP contribution is -2.59. The lowest BCUT2D eigenvalue weighted by Gasteiger charge is -2.41. The van der Waals surface area contributed by atoms with Gasteiger partial charge in [-0.15, -0.1) is 0 Å². The van der Waals surface area contributed by atoms with Gasteiger partial charge in [-0.05, 0) is 126 Å². The molecule has 2 heterocycles. The van der Waals surface area contributed by atoms with Crippen LogP contribution in [0.4, 0.5) is 34.1 Å². The number of hydrogen-bond donors (Lipinski definition) is 0. The largest absolute Gasteiger partial charge is 0.458 e. The third kappa shape index (κ3) is 6.45. The molecule has 0 spiro atoms. The zero-order valence-electron chi connectivity index (χ0n) is 36.1. The van der Waals surface area contributed by atoms with Crippen LogP contribution >= 0.6 is 0 Å². The van der Waals surface area contributed by atoms with E-state index in [4.69, 9.17) is 4.74 Å². The summed E-state index contributed by atoms with van der Waals surface area (Å²) in [5.74, 6) is 1.72. The molecular weight excluding hydrogens is 800 g/mol. The van der Waals surface area contributed by atoms with Crippen LogP contribution in [0, 0.1) is 0 Å². The van der Waals surface area contributed by atoms with Crippen molar-refractivity contribution < 1.29 is 4.74 Å². The third-order valence-corrected chi connectivity index (χ3v) is 13.4. The highest BCUT2D eigenvalue weighted by molar-refractivity contribution is 6.99. The van der Waals surface area contributed by atoms with Gasteiger partial charge in [0.2, 0.25) is 0 Å². The van der Waals surface area contributed by atoms with Gasteiger partial charge in [0.1, 0.15) is 11.5 Å². The Morgan fingerprint density at radius 2 is 0.818 bits per heavy atom. The normalized spacial score (nSPS) is 12.3. The van der Waals surface area contributed by atoms with Crippen LogP contribution in [0.1, 0.15) is 0 Å². The molecule has 0 aliphatic carbocycles. The van der Waals surface area contributed by atoms with Crippen molar-refractivity contribution in [1.82, 2.24) is 0 Å². The van der Waals surface area contributed by atoms with Gasteiger partial charge in [-0.3, -0.25) is 0 Å². The van der Waals surface area contributed by atoms with Gasteiger partial charge in [0.25, 0.3) is 6.71 Å². The standard InChI is InChI=1S/C62H41BN2O/c1-4-14-42(15-5-1)47-24-30-52(31-25-47)65-58-39-51(44-18-8-3-9-19-44)28-34-56(58)63-57-38-50(43-16-6-2-7-17-43)29-35-60(57)66-61-41-55(40-59(65)62(61)63)64(53-32-26-45-20-10-12-22-48(45)36-53)54-33-27-46-21-11-13-23-49(46)37-54/h1-41H. The van der Waals surface area contributed by atoms with Gasteiger partial charge in [-0.25, -0.2) is 0 Å². The monoisotopic (exact) mass is 840 g/mol. The molecule has 2 aliphatic rings. The minimum atomic E-state index is -0.0917. The first-order valence-electron chi connectivity index (χ1n) is 22.7. The van der Waals surface area contributed by atoms with Gasteiger partial charge in [-0.1, -0.05) is 188 Å². The third-order valence-electron chi connectivity index (χ3n) is 13.4. The predicted molar refractivity (Wildman–Crippen MR) is 278 cm³/mol. The molecule has 0 N–H and O–H groups in total. The van der Waals surface area contributed by atoms with Crippen molar-refractivity contribution in [2.45, 2.75) is 0 Å². The van der Waals surface area contributed by atoms with E-state index in [0.29, 0.717) is 0 Å². The molecule has 0 bridgehead atoms. The number of hydrogen-bond acceptors (Lipinski definition) is 3. The number of anilines is 6. The molecule has 3 nitrogen and oxygen atoms in total. The minimum Gasteiger partial charge on any atom is -0.458 e. The van der Waals surface area contributed by atoms with Crippen LogP contribution in [0.25, 0.3) is 54.9 Å². The van der Waals surface area contributed by atoms with Crippen LogP contribution in [0.15, 0.2) is 249 Å². The Hall–Kier alpha value is -8.60. The summed E-state index contributed by atoms with van der Waals surface area (Å²) in [4.78, 5) is 4.87. The Kier molecular flexibility index (Phi) is 8.95. The van der Waals surface area contributed by atoms with Gasteiger partial charge < -0.3 is 14.5 Å². The minimum absolute atomic E-state index is 0.0917. The summed E-state index contributed by atoms with van der Waals surface area (Å²) >= 11 is 0. The molecule has 0 fully saturated rings. The van der Waals surface area contributed by atoms with Crippen molar-refractivity contribution in [3.05, 3.63) is 249 Å². The van der Waals surface area contributed by atoms with Gasteiger partial charge in [0.05, 0.1) is 5.69 Å². The van der Waals surface area contributed by atoms with E-state index in [1.807, 2.05) is 0 Å². The SMILES string of the molecule is c1ccc(-c2ccc(N3c4cc(-c5ccccc5)ccc4B4c5cc(-c6ccccc6)ccc5Oc5cc(N(c6ccc7ccccc7c6)c6ccc7ccccc7c6)cc3c54)cc2)cc1. The fourth-order valence-electron chi connectivity index (χ4n) is 10.3. The van der Waals surface area contributed by atoms with E-state index < -0.39 is 0 Å². The number of rotatable bonds is 7. The molecule has 66 heavy (non-hydrogen) atoms. The molecule has 0 atom stereocenters. The van der Waals surface area contributed by atoms with E-state index in [-0.39, 0.29) is 6.71 Å². The lowest BCUT2D eigenvalue weighted by molar-refractivity contribution is 0.487. The molecule has 11 aromatic carbocycles. The molecule has 11 aromatic rings. The molecule has 13 rings (SSSR count). The zero-order chi connectivity index (χ0) is 43.6. The molecule has 2 aliphatic heterocycles. The summed E-state index contributed by atoms with van der Waals surface area (Å²) in [5.41, 5.74) is 17.0. The first-order valence-corrected chi connectivity index (χ1v) is 22.7. The van der Waals surface area contributed by atoms with Gasteiger partial charge >= 0.3 is 0 Å². The zero-order valence-corrected chi connectivity index (χ0v) is 36.1. The number of benzene rings is 11. The van der Waals surface area contributed by atoms with Crippen molar-refractivity contribution in [2.75, 3.05) is 9.80 Å². The van der Waals surface area contributed by atoms with E-state index in [1.54, 1.807) is 0 Å². The van der Waals surface area contributed by atoms with Gasteiger partial charge in [-0.2, -0.15) is 0 Å². The quantitative estimate of drug-likeness (QED) is 0.149.